The van der Waals surface area contributed by atoms with E-state index in [9.17, 15) is 4.79 Å². The van der Waals surface area contributed by atoms with Gasteiger partial charge in [-0.15, -0.1) is 0 Å². The molecule has 1 atom stereocenters. The van der Waals surface area contributed by atoms with Gasteiger partial charge in [0.15, 0.2) is 23.1 Å². The molecule has 35 heavy (non-hydrogen) atoms. The van der Waals surface area contributed by atoms with Crippen LogP contribution >= 0.6 is 0 Å². The molecule has 1 aromatic carbocycles. The summed E-state index contributed by atoms with van der Waals surface area (Å²) in [5.74, 6) is -2.49. The number of halogens is 2. The molecule has 2 aliphatic heterocycles. The highest BCUT2D eigenvalue weighted by atomic mass is 19.1. The SMILES string of the molecule is CN=CC(=C(C)N)c1cc2c(cn1)CN(c1c(F)c(OC)cc(OC)c1F)C(=O)N2C1CCOC1. The van der Waals surface area contributed by atoms with Gasteiger partial charge in [0.05, 0.1) is 44.8 Å². The maximum atomic E-state index is 15.3. The summed E-state index contributed by atoms with van der Waals surface area (Å²) in [7, 11) is 4.13. The van der Waals surface area contributed by atoms with Gasteiger partial charge in [0.25, 0.3) is 0 Å². The lowest BCUT2D eigenvalue weighted by Gasteiger charge is -2.40. The summed E-state index contributed by atoms with van der Waals surface area (Å²) in [6, 6.07) is 1.92. The van der Waals surface area contributed by atoms with Crippen molar-refractivity contribution in [3.8, 4) is 11.5 Å². The zero-order valence-electron chi connectivity index (χ0n) is 20.0. The van der Waals surface area contributed by atoms with Crippen LogP contribution in [0.1, 0.15) is 24.6 Å². The fraction of sp³-hybridized carbons (Fsp3) is 0.375. The number of benzene rings is 1. The first-order valence-corrected chi connectivity index (χ1v) is 11.0. The van der Waals surface area contributed by atoms with E-state index in [1.807, 2.05) is 0 Å². The van der Waals surface area contributed by atoms with Gasteiger partial charge in [-0.05, 0) is 19.4 Å². The number of allylic oxidation sites excluding steroid dienone is 2. The number of hydrogen-bond donors (Lipinski definition) is 1. The van der Waals surface area contributed by atoms with Crippen LogP contribution in [0.4, 0.5) is 25.0 Å². The first-order valence-electron chi connectivity index (χ1n) is 11.0. The van der Waals surface area contributed by atoms with Crippen LogP contribution in [0.15, 0.2) is 29.0 Å². The minimum atomic E-state index is -1.00. The third kappa shape index (κ3) is 4.27. The largest absolute Gasteiger partial charge is 0.493 e. The Kier molecular flexibility index (Phi) is 6.88. The van der Waals surface area contributed by atoms with Crippen LogP contribution in [0.25, 0.3) is 5.57 Å². The van der Waals surface area contributed by atoms with Gasteiger partial charge in [-0.3, -0.25) is 19.8 Å². The van der Waals surface area contributed by atoms with E-state index in [-0.39, 0.29) is 30.7 Å². The van der Waals surface area contributed by atoms with E-state index in [0.29, 0.717) is 41.2 Å². The normalized spacial score (nSPS) is 18.7. The summed E-state index contributed by atoms with van der Waals surface area (Å²) in [4.78, 5) is 24.9. The van der Waals surface area contributed by atoms with Crippen molar-refractivity contribution in [2.24, 2.45) is 10.7 Å². The minimum Gasteiger partial charge on any atom is -0.493 e. The Morgan fingerprint density at radius 2 is 1.94 bits per heavy atom. The Hall–Kier alpha value is -3.73. The first kappa shape index (κ1) is 24.4. The molecule has 0 spiro atoms. The van der Waals surface area contributed by atoms with Crippen molar-refractivity contribution in [1.82, 2.24) is 4.98 Å². The van der Waals surface area contributed by atoms with Crippen molar-refractivity contribution in [3.05, 3.63) is 46.9 Å². The number of fused-ring (bicyclic) bond motifs is 1. The Bertz CT molecular complexity index is 1180. The predicted octanol–water partition coefficient (Wildman–Crippen LogP) is 3.50. The van der Waals surface area contributed by atoms with Gasteiger partial charge in [-0.2, -0.15) is 0 Å². The first-order chi connectivity index (χ1) is 16.8. The molecule has 0 saturated carbocycles. The molecule has 2 N–H and O–H groups in total. The van der Waals surface area contributed by atoms with Gasteiger partial charge >= 0.3 is 6.03 Å². The molecule has 1 unspecified atom stereocenters. The molecule has 186 valence electrons. The second-order valence-electron chi connectivity index (χ2n) is 8.20. The molecule has 2 amide bonds. The van der Waals surface area contributed by atoms with E-state index in [1.54, 1.807) is 32.4 Å². The molecular weight excluding hydrogens is 460 g/mol. The summed E-state index contributed by atoms with van der Waals surface area (Å²) < 4.78 is 46.3. The third-order valence-electron chi connectivity index (χ3n) is 6.04. The standard InChI is InChI=1S/C24H27F2N5O4/c1-13(27)16(10-28-2)17-7-18-14(9-29-17)11-30(24(32)31(18)15-5-6-35-12-15)23-21(25)19(33-3)8-20(34-4)22(23)26/h7-10,15H,5-6,11-12,27H2,1-4H3. The number of aliphatic imine (C=N–C) groups is 1. The second-order valence-corrected chi connectivity index (χ2v) is 8.20. The fourth-order valence-electron chi connectivity index (χ4n) is 4.30. The molecule has 11 heteroatoms. The quantitative estimate of drug-likeness (QED) is 0.626. The van der Waals surface area contributed by atoms with E-state index < -0.39 is 23.4 Å². The maximum Gasteiger partial charge on any atom is 0.329 e. The molecule has 0 aliphatic carbocycles. The van der Waals surface area contributed by atoms with E-state index in [0.717, 1.165) is 11.0 Å². The molecule has 3 heterocycles. The van der Waals surface area contributed by atoms with Gasteiger partial charge in [-0.1, -0.05) is 0 Å². The molecule has 1 saturated heterocycles. The molecule has 1 aromatic heterocycles. The van der Waals surface area contributed by atoms with E-state index in [1.165, 1.54) is 19.1 Å². The molecular formula is C24H27F2N5O4. The molecule has 9 nitrogen and oxygen atoms in total. The molecule has 2 aromatic rings. The van der Waals surface area contributed by atoms with Crippen molar-refractivity contribution in [2.75, 3.05) is 44.3 Å². The molecule has 0 bridgehead atoms. The smallest absolute Gasteiger partial charge is 0.329 e. The molecule has 0 radical (unpaired) electrons. The lowest BCUT2D eigenvalue weighted by molar-refractivity contribution is 0.192. The summed E-state index contributed by atoms with van der Waals surface area (Å²) in [6.07, 6.45) is 3.74. The Balaban J connectivity index is 1.89. The van der Waals surface area contributed by atoms with Crippen LogP contribution in [-0.4, -0.2) is 57.8 Å². The number of anilines is 2. The lowest BCUT2D eigenvalue weighted by atomic mass is 10.0. The van der Waals surface area contributed by atoms with Crippen LogP contribution in [0, 0.1) is 11.6 Å². The number of nitrogens with zero attached hydrogens (tertiary/aromatic N) is 4. The van der Waals surface area contributed by atoms with Crippen molar-refractivity contribution in [2.45, 2.75) is 25.9 Å². The van der Waals surface area contributed by atoms with Crippen molar-refractivity contribution in [3.63, 3.8) is 0 Å². The number of urea groups is 1. The van der Waals surface area contributed by atoms with Crippen LogP contribution in [0.5, 0.6) is 11.5 Å². The number of hydrogen-bond acceptors (Lipinski definition) is 7. The number of aromatic nitrogens is 1. The van der Waals surface area contributed by atoms with Gasteiger partial charge in [0.2, 0.25) is 0 Å². The Morgan fingerprint density at radius 3 is 2.49 bits per heavy atom. The zero-order valence-corrected chi connectivity index (χ0v) is 20.0. The minimum absolute atomic E-state index is 0.113. The number of methoxy groups -OCH3 is 2. The van der Waals surface area contributed by atoms with Crippen molar-refractivity contribution >= 4 is 29.2 Å². The monoisotopic (exact) mass is 487 g/mol. The molecule has 4 rings (SSSR count). The van der Waals surface area contributed by atoms with Gasteiger partial charge in [0.1, 0.15) is 5.69 Å². The zero-order chi connectivity index (χ0) is 25.3. The lowest BCUT2D eigenvalue weighted by Crippen LogP contribution is -2.52. The van der Waals surface area contributed by atoms with Gasteiger partial charge in [0, 0.05) is 49.0 Å². The third-order valence-corrected chi connectivity index (χ3v) is 6.04. The summed E-state index contributed by atoms with van der Waals surface area (Å²) >= 11 is 0. The number of amides is 2. The van der Waals surface area contributed by atoms with E-state index in [2.05, 4.69) is 9.98 Å². The fourth-order valence-corrected chi connectivity index (χ4v) is 4.30. The highest BCUT2D eigenvalue weighted by molar-refractivity contribution is 6.11. The van der Waals surface area contributed by atoms with E-state index >= 15 is 8.78 Å². The maximum absolute atomic E-state index is 15.3. The average Bonchev–Trinajstić information content (AvgIpc) is 3.37. The predicted molar refractivity (Wildman–Crippen MR) is 128 cm³/mol. The van der Waals surface area contributed by atoms with Crippen LogP contribution in [0.2, 0.25) is 0 Å². The Labute approximate surface area is 201 Å². The number of rotatable bonds is 6. The average molecular weight is 488 g/mol. The number of nitrogens with two attached hydrogens (primary N) is 1. The molecule has 1 fully saturated rings. The van der Waals surface area contributed by atoms with Crippen LogP contribution < -0.4 is 25.0 Å². The van der Waals surface area contributed by atoms with Crippen LogP contribution in [-0.2, 0) is 11.3 Å². The number of carbonyl (C=O) groups excluding carboxylic acids is 1. The van der Waals surface area contributed by atoms with Crippen molar-refractivity contribution in [1.29, 1.82) is 0 Å². The van der Waals surface area contributed by atoms with Crippen molar-refractivity contribution < 1.29 is 27.8 Å². The summed E-state index contributed by atoms with van der Waals surface area (Å²) in [5, 5.41) is 0. The highest BCUT2D eigenvalue weighted by Gasteiger charge is 2.40. The number of carbonyl (C=O) groups is 1. The van der Waals surface area contributed by atoms with E-state index in [4.69, 9.17) is 19.9 Å². The second kappa shape index (κ2) is 9.87. The van der Waals surface area contributed by atoms with Crippen LogP contribution in [0.3, 0.4) is 0 Å². The number of pyridine rings is 1. The topological polar surface area (TPSA) is 103 Å². The van der Waals surface area contributed by atoms with Gasteiger partial charge in [-0.25, -0.2) is 13.6 Å². The number of ether oxygens (including phenoxy) is 3. The summed E-state index contributed by atoms with van der Waals surface area (Å²) in [5.41, 5.74) is 8.30. The molecule has 2 aliphatic rings. The van der Waals surface area contributed by atoms with Gasteiger partial charge < -0.3 is 19.9 Å². The Morgan fingerprint density at radius 1 is 1.26 bits per heavy atom. The summed E-state index contributed by atoms with van der Waals surface area (Å²) in [6.45, 7) is 2.37. The highest BCUT2D eigenvalue weighted by Crippen LogP contribution is 2.42.